The Morgan fingerprint density at radius 3 is 2.45 bits per heavy atom. The molecule has 0 aromatic carbocycles. The van der Waals surface area contributed by atoms with Crippen molar-refractivity contribution in [2.24, 2.45) is 0 Å². The molecule has 0 amide bonds. The maximum absolute atomic E-state index is 11.6. The minimum absolute atomic E-state index is 0.0416. The Morgan fingerprint density at radius 2 is 1.86 bits per heavy atom. The Morgan fingerprint density at radius 1 is 1.18 bits per heavy atom. The summed E-state index contributed by atoms with van der Waals surface area (Å²) >= 11 is 0. The van der Waals surface area contributed by atoms with Crippen LogP contribution < -0.4 is 0 Å². The van der Waals surface area contributed by atoms with E-state index in [0.717, 1.165) is 25.9 Å². The van der Waals surface area contributed by atoms with Crippen LogP contribution in [-0.4, -0.2) is 56.7 Å². The first kappa shape index (κ1) is 15.0. The van der Waals surface area contributed by atoms with E-state index in [-0.39, 0.29) is 11.6 Å². The molecule has 1 saturated heterocycles. The standard InChI is InChI=1S/C15H21N3O4/c1-17-7-5-9(6-8-17)13-16-12(15(21)22)10-3-2-4-11(14(19)20)18(10)13/h9,11H,2-8H2,1H3,(H,19,20)(H,21,22). The zero-order chi connectivity index (χ0) is 15.9. The number of nitrogens with zero attached hydrogens (tertiary/aromatic N) is 3. The van der Waals surface area contributed by atoms with Gasteiger partial charge in [-0.05, 0) is 52.2 Å². The number of aromatic carboxylic acids is 1. The van der Waals surface area contributed by atoms with Gasteiger partial charge in [0.1, 0.15) is 11.9 Å². The van der Waals surface area contributed by atoms with E-state index in [4.69, 9.17) is 0 Å². The molecule has 2 N–H and O–H groups in total. The van der Waals surface area contributed by atoms with Gasteiger partial charge >= 0.3 is 11.9 Å². The Kier molecular flexibility index (Phi) is 3.90. The Bertz CT molecular complexity index is 602. The second kappa shape index (κ2) is 5.72. The third-order valence-electron chi connectivity index (χ3n) is 4.81. The molecule has 2 aliphatic rings. The Balaban J connectivity index is 2.05. The second-order valence-corrected chi connectivity index (χ2v) is 6.26. The number of aliphatic carboxylic acids is 1. The van der Waals surface area contributed by atoms with Crippen molar-refractivity contribution >= 4 is 11.9 Å². The number of piperidine rings is 1. The van der Waals surface area contributed by atoms with Crippen LogP contribution in [0, 0.1) is 0 Å². The number of imidazole rings is 1. The highest BCUT2D eigenvalue weighted by atomic mass is 16.4. The summed E-state index contributed by atoms with van der Waals surface area (Å²) in [6.07, 6.45) is 3.59. The molecule has 0 spiro atoms. The van der Waals surface area contributed by atoms with E-state index in [9.17, 15) is 19.8 Å². The van der Waals surface area contributed by atoms with Crippen LogP contribution in [0.4, 0.5) is 0 Å². The number of carbonyl (C=O) groups is 2. The van der Waals surface area contributed by atoms with Crippen molar-refractivity contribution in [2.45, 2.75) is 44.1 Å². The second-order valence-electron chi connectivity index (χ2n) is 6.26. The van der Waals surface area contributed by atoms with Gasteiger partial charge in [-0.15, -0.1) is 0 Å². The number of carboxylic acids is 2. The van der Waals surface area contributed by atoms with Crippen molar-refractivity contribution < 1.29 is 19.8 Å². The summed E-state index contributed by atoms with van der Waals surface area (Å²) in [4.78, 5) is 29.6. The zero-order valence-corrected chi connectivity index (χ0v) is 12.7. The van der Waals surface area contributed by atoms with Crippen molar-refractivity contribution in [3.63, 3.8) is 0 Å². The average Bonchev–Trinajstić information content (AvgIpc) is 2.87. The van der Waals surface area contributed by atoms with E-state index >= 15 is 0 Å². The lowest BCUT2D eigenvalue weighted by Gasteiger charge is -2.31. The quantitative estimate of drug-likeness (QED) is 0.875. The van der Waals surface area contributed by atoms with E-state index < -0.39 is 18.0 Å². The van der Waals surface area contributed by atoms with Crippen molar-refractivity contribution in [2.75, 3.05) is 20.1 Å². The molecule has 1 aromatic heterocycles. The number of fused-ring (bicyclic) bond motifs is 1. The first-order chi connectivity index (χ1) is 10.5. The minimum atomic E-state index is -1.06. The summed E-state index contributed by atoms with van der Waals surface area (Å²) in [5.41, 5.74) is 0.625. The van der Waals surface area contributed by atoms with Gasteiger partial charge in [0, 0.05) is 5.92 Å². The SMILES string of the molecule is CN1CCC(c2nc(C(=O)O)c3n2C(C(=O)O)CCC3)CC1. The highest BCUT2D eigenvalue weighted by Crippen LogP contribution is 2.35. The molecule has 1 atom stereocenters. The van der Waals surface area contributed by atoms with E-state index in [0.29, 0.717) is 30.8 Å². The number of hydrogen-bond donors (Lipinski definition) is 2. The monoisotopic (exact) mass is 307 g/mol. The smallest absolute Gasteiger partial charge is 0.356 e. The average molecular weight is 307 g/mol. The van der Waals surface area contributed by atoms with Crippen molar-refractivity contribution in [1.29, 1.82) is 0 Å². The molecule has 0 saturated carbocycles. The van der Waals surface area contributed by atoms with Gasteiger partial charge in [0.15, 0.2) is 5.69 Å². The van der Waals surface area contributed by atoms with Crippen LogP contribution in [0.25, 0.3) is 0 Å². The third kappa shape index (κ3) is 2.49. The largest absolute Gasteiger partial charge is 0.480 e. The third-order valence-corrected chi connectivity index (χ3v) is 4.81. The normalized spacial score (nSPS) is 23.2. The van der Waals surface area contributed by atoms with Gasteiger partial charge < -0.3 is 19.7 Å². The molecule has 3 heterocycles. The molecule has 1 fully saturated rings. The molecular formula is C15H21N3O4. The molecular weight excluding hydrogens is 286 g/mol. The van der Waals surface area contributed by atoms with Crippen molar-refractivity contribution in [1.82, 2.24) is 14.5 Å². The summed E-state index contributed by atoms with van der Waals surface area (Å²) in [5.74, 6) is -1.16. The predicted molar refractivity (Wildman–Crippen MR) is 78.3 cm³/mol. The minimum Gasteiger partial charge on any atom is -0.480 e. The van der Waals surface area contributed by atoms with E-state index in [2.05, 4.69) is 16.9 Å². The van der Waals surface area contributed by atoms with Crippen LogP contribution in [-0.2, 0) is 11.2 Å². The molecule has 3 rings (SSSR count). The first-order valence-corrected chi connectivity index (χ1v) is 7.74. The van der Waals surface area contributed by atoms with E-state index in [1.54, 1.807) is 4.57 Å². The van der Waals surface area contributed by atoms with Crippen LogP contribution in [0.1, 0.15) is 59.6 Å². The highest BCUT2D eigenvalue weighted by molar-refractivity contribution is 5.87. The fraction of sp³-hybridized carbons (Fsp3) is 0.667. The van der Waals surface area contributed by atoms with Crippen LogP contribution in [0.2, 0.25) is 0 Å². The lowest BCUT2D eigenvalue weighted by atomic mass is 9.94. The van der Waals surface area contributed by atoms with Gasteiger partial charge in [-0.2, -0.15) is 0 Å². The van der Waals surface area contributed by atoms with Gasteiger partial charge in [-0.1, -0.05) is 0 Å². The Labute approximate surface area is 128 Å². The van der Waals surface area contributed by atoms with Crippen LogP contribution in [0.15, 0.2) is 0 Å². The number of carboxylic acid groups (broad SMARTS) is 2. The molecule has 1 aromatic rings. The molecule has 120 valence electrons. The molecule has 1 unspecified atom stereocenters. The fourth-order valence-corrected chi connectivity index (χ4v) is 3.62. The molecule has 0 bridgehead atoms. The Hall–Kier alpha value is -1.89. The zero-order valence-electron chi connectivity index (χ0n) is 12.7. The van der Waals surface area contributed by atoms with Crippen LogP contribution in [0.5, 0.6) is 0 Å². The summed E-state index contributed by atoms with van der Waals surface area (Å²) in [6, 6.07) is -0.681. The number of likely N-dealkylation sites (tertiary alicyclic amines) is 1. The van der Waals surface area contributed by atoms with Crippen molar-refractivity contribution in [3.05, 3.63) is 17.2 Å². The molecule has 0 radical (unpaired) electrons. The van der Waals surface area contributed by atoms with Gasteiger partial charge in [0.25, 0.3) is 0 Å². The summed E-state index contributed by atoms with van der Waals surface area (Å²) in [7, 11) is 2.06. The summed E-state index contributed by atoms with van der Waals surface area (Å²) in [6.45, 7) is 1.85. The van der Waals surface area contributed by atoms with Crippen LogP contribution in [0.3, 0.4) is 0 Å². The lowest BCUT2D eigenvalue weighted by molar-refractivity contribution is -0.141. The number of rotatable bonds is 3. The molecule has 22 heavy (non-hydrogen) atoms. The first-order valence-electron chi connectivity index (χ1n) is 7.74. The van der Waals surface area contributed by atoms with Crippen LogP contribution >= 0.6 is 0 Å². The van der Waals surface area contributed by atoms with Crippen molar-refractivity contribution in [3.8, 4) is 0 Å². The summed E-state index contributed by atoms with van der Waals surface area (Å²) < 4.78 is 1.71. The summed E-state index contributed by atoms with van der Waals surface area (Å²) in [5, 5.41) is 18.9. The van der Waals surface area contributed by atoms with Gasteiger partial charge in [-0.25, -0.2) is 14.6 Å². The number of hydrogen-bond acceptors (Lipinski definition) is 4. The molecule has 0 aliphatic carbocycles. The molecule has 2 aliphatic heterocycles. The van der Waals surface area contributed by atoms with Gasteiger partial charge in [0.2, 0.25) is 0 Å². The highest BCUT2D eigenvalue weighted by Gasteiger charge is 2.36. The lowest BCUT2D eigenvalue weighted by Crippen LogP contribution is -2.32. The van der Waals surface area contributed by atoms with E-state index in [1.165, 1.54) is 0 Å². The maximum Gasteiger partial charge on any atom is 0.356 e. The number of aromatic nitrogens is 2. The topological polar surface area (TPSA) is 95.7 Å². The van der Waals surface area contributed by atoms with Gasteiger partial charge in [-0.3, -0.25) is 0 Å². The molecule has 7 heteroatoms. The van der Waals surface area contributed by atoms with Gasteiger partial charge in [0.05, 0.1) is 5.69 Å². The predicted octanol–water partition coefficient (Wildman–Crippen LogP) is 1.35. The van der Waals surface area contributed by atoms with E-state index in [1.807, 2.05) is 0 Å². The maximum atomic E-state index is 11.6. The fourth-order valence-electron chi connectivity index (χ4n) is 3.62. The molecule has 7 nitrogen and oxygen atoms in total.